The fourth-order valence-electron chi connectivity index (χ4n) is 1.80. The molecule has 1 atom stereocenters. The van der Waals surface area contributed by atoms with Gasteiger partial charge in [-0.25, -0.2) is 8.78 Å². The highest BCUT2D eigenvalue weighted by atomic mass is 19.3. The molecule has 102 valence electrons. The van der Waals surface area contributed by atoms with Gasteiger partial charge < -0.3 is 4.90 Å². The number of amides is 1. The minimum absolute atomic E-state index is 0.137. The predicted octanol–water partition coefficient (Wildman–Crippen LogP) is 3.71. The van der Waals surface area contributed by atoms with Gasteiger partial charge in [0.15, 0.2) is 0 Å². The summed E-state index contributed by atoms with van der Waals surface area (Å²) in [7, 11) is 0. The number of halogens is 2. The van der Waals surface area contributed by atoms with Crippen molar-refractivity contribution < 1.29 is 13.6 Å². The van der Waals surface area contributed by atoms with Gasteiger partial charge in [-0.2, -0.15) is 0 Å². The third-order valence-electron chi connectivity index (χ3n) is 2.89. The van der Waals surface area contributed by atoms with Gasteiger partial charge in [-0.15, -0.1) is 0 Å². The first kappa shape index (κ1) is 16.3. The number of alkyl halides is 2. The Kier molecular flexibility index (Phi) is 7.32. The Labute approximate surface area is 103 Å². The van der Waals surface area contributed by atoms with Crippen LogP contribution in [0.15, 0.2) is 0 Å². The molecule has 0 aromatic carbocycles. The van der Waals surface area contributed by atoms with Gasteiger partial charge in [-0.3, -0.25) is 4.79 Å². The van der Waals surface area contributed by atoms with E-state index >= 15 is 0 Å². The molecule has 0 aliphatic rings. The van der Waals surface area contributed by atoms with Gasteiger partial charge in [0, 0.05) is 18.9 Å². The molecule has 0 rings (SSSR count). The zero-order valence-electron chi connectivity index (χ0n) is 11.4. The van der Waals surface area contributed by atoms with Crippen LogP contribution in [0.5, 0.6) is 0 Å². The van der Waals surface area contributed by atoms with Gasteiger partial charge in [0.05, 0.1) is 6.54 Å². The van der Waals surface area contributed by atoms with E-state index in [1.165, 1.54) is 11.8 Å². The van der Waals surface area contributed by atoms with E-state index in [2.05, 4.69) is 0 Å². The normalized spacial score (nSPS) is 13.5. The van der Waals surface area contributed by atoms with E-state index in [0.29, 0.717) is 13.0 Å². The molecular weight excluding hydrogens is 224 g/mol. The number of rotatable bonds is 8. The second kappa shape index (κ2) is 7.62. The summed E-state index contributed by atoms with van der Waals surface area (Å²) in [5.41, 5.74) is 0. The number of carbonyl (C=O) groups excluding carboxylic acids is 1. The maximum absolute atomic E-state index is 13.3. The van der Waals surface area contributed by atoms with Crippen LogP contribution in [0.3, 0.4) is 0 Å². The molecule has 0 aromatic rings. The van der Waals surface area contributed by atoms with Crippen LogP contribution in [-0.4, -0.2) is 29.8 Å². The highest BCUT2D eigenvalue weighted by molar-refractivity contribution is 5.78. The second-order valence-corrected chi connectivity index (χ2v) is 4.66. The molecule has 0 radical (unpaired) electrons. The van der Waals surface area contributed by atoms with Crippen LogP contribution >= 0.6 is 0 Å². The smallest absolute Gasteiger partial charge is 0.265 e. The maximum atomic E-state index is 13.3. The lowest BCUT2D eigenvalue weighted by molar-refractivity contribution is -0.141. The zero-order chi connectivity index (χ0) is 13.5. The Hall–Kier alpha value is -0.670. The standard InChI is InChI=1S/C13H25F2NO/c1-5-8-11(4)12(17)16(9-6-2)10-13(14,15)7-3/h11H,5-10H2,1-4H3. The van der Waals surface area contributed by atoms with E-state index in [0.717, 1.165) is 12.8 Å². The van der Waals surface area contributed by atoms with Gasteiger partial charge in [-0.1, -0.05) is 34.1 Å². The largest absolute Gasteiger partial charge is 0.336 e. The average Bonchev–Trinajstić information content (AvgIpc) is 2.27. The van der Waals surface area contributed by atoms with Crippen LogP contribution in [0.1, 0.15) is 53.4 Å². The average molecular weight is 249 g/mol. The van der Waals surface area contributed by atoms with Gasteiger partial charge in [0.25, 0.3) is 5.92 Å². The van der Waals surface area contributed by atoms with Gasteiger partial charge >= 0.3 is 0 Å². The summed E-state index contributed by atoms with van der Waals surface area (Å²) in [6.07, 6.45) is 2.15. The minimum Gasteiger partial charge on any atom is -0.336 e. The molecule has 0 aromatic heterocycles. The van der Waals surface area contributed by atoms with Crippen molar-refractivity contribution >= 4 is 5.91 Å². The molecule has 0 N–H and O–H groups in total. The van der Waals surface area contributed by atoms with Crippen LogP contribution in [0.4, 0.5) is 8.78 Å². The Morgan fingerprint density at radius 3 is 2.24 bits per heavy atom. The molecule has 0 aliphatic carbocycles. The molecule has 1 unspecified atom stereocenters. The van der Waals surface area contributed by atoms with E-state index < -0.39 is 12.5 Å². The fraction of sp³-hybridized carbons (Fsp3) is 0.923. The van der Waals surface area contributed by atoms with Crippen molar-refractivity contribution in [3.63, 3.8) is 0 Å². The van der Waals surface area contributed by atoms with Crippen LogP contribution in [0.2, 0.25) is 0 Å². The Morgan fingerprint density at radius 1 is 1.24 bits per heavy atom. The highest BCUT2D eigenvalue weighted by Gasteiger charge is 2.32. The SMILES string of the molecule is CCCC(C)C(=O)N(CCC)CC(F)(F)CC. The molecule has 0 aliphatic heterocycles. The van der Waals surface area contributed by atoms with Crippen molar-refractivity contribution in [3.8, 4) is 0 Å². The van der Waals surface area contributed by atoms with Crippen molar-refractivity contribution in [3.05, 3.63) is 0 Å². The minimum atomic E-state index is -2.77. The zero-order valence-corrected chi connectivity index (χ0v) is 11.4. The maximum Gasteiger partial charge on any atom is 0.265 e. The summed E-state index contributed by atoms with van der Waals surface area (Å²) >= 11 is 0. The third-order valence-corrected chi connectivity index (χ3v) is 2.89. The molecule has 4 heteroatoms. The van der Waals surface area contributed by atoms with E-state index in [9.17, 15) is 13.6 Å². The summed E-state index contributed by atoms with van der Waals surface area (Å²) in [4.78, 5) is 13.3. The van der Waals surface area contributed by atoms with Crippen LogP contribution in [0.25, 0.3) is 0 Å². The van der Waals surface area contributed by atoms with Crippen molar-refractivity contribution in [1.82, 2.24) is 4.90 Å². The van der Waals surface area contributed by atoms with Crippen molar-refractivity contribution in [2.24, 2.45) is 5.92 Å². The van der Waals surface area contributed by atoms with Crippen LogP contribution < -0.4 is 0 Å². The first-order chi connectivity index (χ1) is 7.87. The number of hydrogen-bond donors (Lipinski definition) is 0. The summed E-state index contributed by atoms with van der Waals surface area (Å²) in [5.74, 6) is -3.06. The first-order valence-electron chi connectivity index (χ1n) is 6.54. The third kappa shape index (κ3) is 5.99. The lowest BCUT2D eigenvalue weighted by Gasteiger charge is -2.29. The molecule has 0 bridgehead atoms. The molecule has 17 heavy (non-hydrogen) atoms. The summed E-state index contributed by atoms with van der Waals surface area (Å²) < 4.78 is 26.7. The van der Waals surface area contributed by atoms with E-state index in [4.69, 9.17) is 0 Å². The van der Waals surface area contributed by atoms with Crippen molar-refractivity contribution in [1.29, 1.82) is 0 Å². The van der Waals surface area contributed by atoms with Gasteiger partial charge in [0.1, 0.15) is 0 Å². The van der Waals surface area contributed by atoms with E-state index in [1.807, 2.05) is 20.8 Å². The quantitative estimate of drug-likeness (QED) is 0.642. The summed E-state index contributed by atoms with van der Waals surface area (Å²) in [6, 6.07) is 0. The molecule has 2 nitrogen and oxygen atoms in total. The molecule has 1 amide bonds. The number of nitrogens with zero attached hydrogens (tertiary/aromatic N) is 1. The Bertz CT molecular complexity index is 231. The molecule has 0 fully saturated rings. The van der Waals surface area contributed by atoms with Crippen LogP contribution in [-0.2, 0) is 4.79 Å². The van der Waals surface area contributed by atoms with Gasteiger partial charge in [0.2, 0.25) is 5.91 Å². The van der Waals surface area contributed by atoms with Crippen molar-refractivity contribution in [2.75, 3.05) is 13.1 Å². The predicted molar refractivity (Wildman–Crippen MR) is 66.2 cm³/mol. The Morgan fingerprint density at radius 2 is 1.82 bits per heavy atom. The monoisotopic (exact) mass is 249 g/mol. The van der Waals surface area contributed by atoms with E-state index in [1.54, 1.807) is 0 Å². The molecule has 0 heterocycles. The second-order valence-electron chi connectivity index (χ2n) is 4.66. The molecule has 0 saturated heterocycles. The summed E-state index contributed by atoms with van der Waals surface area (Å²) in [5, 5.41) is 0. The molecular formula is C13H25F2NO. The number of carbonyl (C=O) groups is 1. The van der Waals surface area contributed by atoms with Crippen molar-refractivity contribution in [2.45, 2.75) is 59.3 Å². The molecule has 0 saturated carbocycles. The van der Waals surface area contributed by atoms with Gasteiger partial charge in [-0.05, 0) is 12.8 Å². The first-order valence-corrected chi connectivity index (χ1v) is 6.54. The van der Waals surface area contributed by atoms with E-state index in [-0.39, 0.29) is 18.2 Å². The topological polar surface area (TPSA) is 20.3 Å². The lowest BCUT2D eigenvalue weighted by atomic mass is 10.0. The highest BCUT2D eigenvalue weighted by Crippen LogP contribution is 2.21. The fourth-order valence-corrected chi connectivity index (χ4v) is 1.80. The molecule has 0 spiro atoms. The van der Waals surface area contributed by atoms with Crippen LogP contribution in [0, 0.1) is 5.92 Å². The number of hydrogen-bond acceptors (Lipinski definition) is 1. The lowest BCUT2D eigenvalue weighted by Crippen LogP contribution is -2.43. The summed E-state index contributed by atoms with van der Waals surface area (Å²) in [6.45, 7) is 7.14. The Balaban J connectivity index is 4.56.